The highest BCUT2D eigenvalue weighted by atomic mass is 32.2. The Hall–Kier alpha value is -0.910. The minimum Gasteiger partial charge on any atom is -0.493 e. The van der Waals surface area contributed by atoms with Gasteiger partial charge in [0, 0.05) is 12.6 Å². The second-order valence-electron chi connectivity index (χ2n) is 4.91. The van der Waals surface area contributed by atoms with Crippen LogP contribution in [-0.2, 0) is 0 Å². The summed E-state index contributed by atoms with van der Waals surface area (Å²) in [5.74, 6) is 3.79. The van der Waals surface area contributed by atoms with Crippen LogP contribution >= 0.6 is 11.8 Å². The molecule has 0 bridgehead atoms. The van der Waals surface area contributed by atoms with Gasteiger partial charge in [-0.25, -0.2) is 0 Å². The summed E-state index contributed by atoms with van der Waals surface area (Å²) in [5, 5.41) is 13.4. The van der Waals surface area contributed by atoms with Crippen molar-refractivity contribution in [2.24, 2.45) is 0 Å². The highest BCUT2D eigenvalue weighted by Gasteiger charge is 2.15. The van der Waals surface area contributed by atoms with Crippen LogP contribution in [0.5, 0.6) is 11.5 Å². The smallest absolute Gasteiger partial charge is 0.161 e. The molecule has 0 radical (unpaired) electrons. The summed E-state index contributed by atoms with van der Waals surface area (Å²) in [7, 11) is 1.61. The van der Waals surface area contributed by atoms with E-state index >= 15 is 0 Å². The fraction of sp³-hybridized carbons (Fsp3) is 0.600. The van der Waals surface area contributed by atoms with Crippen LogP contribution < -0.4 is 14.8 Å². The normalized spacial score (nSPS) is 17.7. The lowest BCUT2D eigenvalue weighted by atomic mass is 10.1. The average molecular weight is 297 g/mol. The Balaban J connectivity index is 1.70. The second kappa shape index (κ2) is 8.39. The molecule has 4 nitrogen and oxygen atoms in total. The summed E-state index contributed by atoms with van der Waals surface area (Å²) in [5.41, 5.74) is 0. The Morgan fingerprint density at radius 2 is 2.00 bits per heavy atom. The zero-order chi connectivity index (χ0) is 14.2. The van der Waals surface area contributed by atoms with Gasteiger partial charge < -0.3 is 19.9 Å². The third-order valence-electron chi connectivity index (χ3n) is 3.36. The van der Waals surface area contributed by atoms with Crippen LogP contribution in [0.3, 0.4) is 0 Å². The Kier molecular flexibility index (Phi) is 6.50. The Morgan fingerprint density at radius 1 is 1.30 bits per heavy atom. The van der Waals surface area contributed by atoms with Crippen molar-refractivity contribution in [3.63, 3.8) is 0 Å². The van der Waals surface area contributed by atoms with E-state index in [1.54, 1.807) is 7.11 Å². The number of benzene rings is 1. The molecule has 2 rings (SSSR count). The van der Waals surface area contributed by atoms with Crippen molar-refractivity contribution in [2.75, 3.05) is 31.8 Å². The summed E-state index contributed by atoms with van der Waals surface area (Å²) < 4.78 is 10.8. The maximum absolute atomic E-state index is 9.97. The van der Waals surface area contributed by atoms with E-state index in [9.17, 15) is 5.11 Å². The van der Waals surface area contributed by atoms with Crippen LogP contribution in [0.25, 0.3) is 0 Å². The van der Waals surface area contributed by atoms with Crippen LogP contribution in [0.2, 0.25) is 0 Å². The lowest BCUT2D eigenvalue weighted by Gasteiger charge is -2.24. The van der Waals surface area contributed by atoms with Gasteiger partial charge in [0.05, 0.1) is 7.11 Å². The van der Waals surface area contributed by atoms with Crippen LogP contribution in [0.4, 0.5) is 0 Å². The number of aliphatic hydroxyl groups is 1. The first-order chi connectivity index (χ1) is 9.79. The fourth-order valence-electron chi connectivity index (χ4n) is 2.19. The average Bonchev–Trinajstić information content (AvgIpc) is 2.52. The third kappa shape index (κ3) is 4.89. The summed E-state index contributed by atoms with van der Waals surface area (Å²) in [6.07, 6.45) is 1.87. The van der Waals surface area contributed by atoms with Gasteiger partial charge in [-0.2, -0.15) is 11.8 Å². The molecule has 5 heteroatoms. The molecule has 1 unspecified atom stereocenters. The lowest BCUT2D eigenvalue weighted by Crippen LogP contribution is -2.39. The summed E-state index contributed by atoms with van der Waals surface area (Å²) in [6, 6.07) is 8.02. The number of para-hydroxylation sites is 2. The molecule has 2 N–H and O–H groups in total. The molecule has 1 heterocycles. The van der Waals surface area contributed by atoms with Gasteiger partial charge in [0.15, 0.2) is 11.5 Å². The van der Waals surface area contributed by atoms with Crippen molar-refractivity contribution in [3.05, 3.63) is 24.3 Å². The number of ether oxygens (including phenoxy) is 2. The van der Waals surface area contributed by atoms with Crippen molar-refractivity contribution in [2.45, 2.75) is 25.0 Å². The first kappa shape index (κ1) is 15.5. The van der Waals surface area contributed by atoms with Crippen LogP contribution in [0, 0.1) is 0 Å². The molecule has 0 saturated carbocycles. The van der Waals surface area contributed by atoms with Gasteiger partial charge in [0.1, 0.15) is 12.7 Å². The highest BCUT2D eigenvalue weighted by Crippen LogP contribution is 2.25. The topological polar surface area (TPSA) is 50.7 Å². The molecular weight excluding hydrogens is 274 g/mol. The van der Waals surface area contributed by atoms with Crippen molar-refractivity contribution < 1.29 is 14.6 Å². The van der Waals surface area contributed by atoms with Gasteiger partial charge >= 0.3 is 0 Å². The molecular formula is C15H23NO3S. The fourth-order valence-corrected chi connectivity index (χ4v) is 3.29. The molecule has 1 fully saturated rings. The molecule has 1 aliphatic rings. The lowest BCUT2D eigenvalue weighted by molar-refractivity contribution is 0.101. The van der Waals surface area contributed by atoms with Crippen molar-refractivity contribution in [3.8, 4) is 11.5 Å². The minimum atomic E-state index is -0.505. The summed E-state index contributed by atoms with van der Waals surface area (Å²) >= 11 is 2.00. The third-order valence-corrected chi connectivity index (χ3v) is 4.41. The zero-order valence-electron chi connectivity index (χ0n) is 11.9. The van der Waals surface area contributed by atoms with Gasteiger partial charge in [0.25, 0.3) is 0 Å². The maximum atomic E-state index is 9.97. The Bertz CT molecular complexity index is 396. The molecule has 112 valence electrons. The molecule has 1 aromatic carbocycles. The first-order valence-corrected chi connectivity index (χ1v) is 8.20. The molecule has 0 aliphatic carbocycles. The number of rotatable bonds is 7. The van der Waals surface area contributed by atoms with Crippen molar-refractivity contribution in [1.29, 1.82) is 0 Å². The predicted octanol–water partition coefficient (Wildman–Crippen LogP) is 1.92. The molecule has 20 heavy (non-hydrogen) atoms. The number of methoxy groups -OCH3 is 1. The standard InChI is InChI=1S/C15H23NO3S/c1-18-14-4-2-3-5-15(14)19-11-13(17)10-16-12-6-8-20-9-7-12/h2-5,12-13,16-17H,6-11H2,1H3. The molecule has 0 spiro atoms. The van der Waals surface area contributed by atoms with Gasteiger partial charge in [-0.05, 0) is 36.5 Å². The van der Waals surface area contributed by atoms with E-state index < -0.39 is 6.10 Å². The molecule has 0 amide bonds. The monoisotopic (exact) mass is 297 g/mol. The summed E-state index contributed by atoms with van der Waals surface area (Å²) in [4.78, 5) is 0. The summed E-state index contributed by atoms with van der Waals surface area (Å²) in [6.45, 7) is 0.847. The van der Waals surface area contributed by atoms with Gasteiger partial charge in [0.2, 0.25) is 0 Å². The number of hydrogen-bond acceptors (Lipinski definition) is 5. The maximum Gasteiger partial charge on any atom is 0.161 e. The molecule has 1 saturated heterocycles. The van der Waals surface area contributed by atoms with E-state index in [-0.39, 0.29) is 6.61 Å². The van der Waals surface area contributed by atoms with E-state index in [0.29, 0.717) is 24.1 Å². The van der Waals surface area contributed by atoms with E-state index in [1.807, 2.05) is 36.0 Å². The number of nitrogens with one attached hydrogen (secondary N) is 1. The largest absolute Gasteiger partial charge is 0.493 e. The van der Waals surface area contributed by atoms with Gasteiger partial charge in [-0.3, -0.25) is 0 Å². The number of hydrogen-bond donors (Lipinski definition) is 2. The SMILES string of the molecule is COc1ccccc1OCC(O)CNC1CCSCC1. The van der Waals surface area contributed by atoms with E-state index in [2.05, 4.69) is 5.32 Å². The predicted molar refractivity (Wildman–Crippen MR) is 82.8 cm³/mol. The minimum absolute atomic E-state index is 0.273. The van der Waals surface area contributed by atoms with Crippen LogP contribution in [0.15, 0.2) is 24.3 Å². The van der Waals surface area contributed by atoms with Crippen molar-refractivity contribution in [1.82, 2.24) is 5.32 Å². The zero-order valence-corrected chi connectivity index (χ0v) is 12.7. The van der Waals surface area contributed by atoms with E-state index in [0.717, 1.165) is 0 Å². The Labute approximate surface area is 124 Å². The molecule has 1 aliphatic heterocycles. The number of thioether (sulfide) groups is 1. The quantitative estimate of drug-likeness (QED) is 0.805. The number of aliphatic hydroxyl groups excluding tert-OH is 1. The molecule has 0 aromatic heterocycles. The van der Waals surface area contributed by atoms with Crippen LogP contribution in [0.1, 0.15) is 12.8 Å². The molecule has 1 atom stereocenters. The Morgan fingerprint density at radius 3 is 2.70 bits per heavy atom. The molecule has 1 aromatic rings. The first-order valence-electron chi connectivity index (χ1n) is 7.04. The van der Waals surface area contributed by atoms with Crippen molar-refractivity contribution >= 4 is 11.8 Å². The van der Waals surface area contributed by atoms with Crippen LogP contribution in [-0.4, -0.2) is 49.0 Å². The highest BCUT2D eigenvalue weighted by molar-refractivity contribution is 7.99. The van der Waals surface area contributed by atoms with Gasteiger partial charge in [-0.15, -0.1) is 0 Å². The second-order valence-corrected chi connectivity index (χ2v) is 6.14. The van der Waals surface area contributed by atoms with E-state index in [1.165, 1.54) is 24.3 Å². The van der Waals surface area contributed by atoms with E-state index in [4.69, 9.17) is 9.47 Å². The van der Waals surface area contributed by atoms with Gasteiger partial charge in [-0.1, -0.05) is 12.1 Å².